The molecule has 128 valence electrons. The van der Waals surface area contributed by atoms with E-state index in [0.717, 1.165) is 18.3 Å². The first kappa shape index (κ1) is 16.2. The quantitative estimate of drug-likeness (QED) is 0.551. The minimum atomic E-state index is 0.119. The molecule has 0 aromatic carbocycles. The van der Waals surface area contributed by atoms with Gasteiger partial charge in [0, 0.05) is 10.8 Å². The fourth-order valence-electron chi connectivity index (χ4n) is 6.95. The monoisotopic (exact) mass is 322 g/mol. The number of rotatable bonds is 0. The van der Waals surface area contributed by atoms with E-state index in [4.69, 9.17) is 0 Å². The van der Waals surface area contributed by atoms with Crippen LogP contribution in [0, 0.1) is 45.8 Å². The summed E-state index contributed by atoms with van der Waals surface area (Å²) in [6, 6.07) is 0. The maximum atomic E-state index is 11.8. The van der Waals surface area contributed by atoms with Crippen LogP contribution in [-0.2, 0) is 4.79 Å². The first-order chi connectivity index (χ1) is 11.3. The summed E-state index contributed by atoms with van der Waals surface area (Å²) in [6.07, 6.45) is 13.5. The minimum Gasteiger partial charge on any atom is -0.290 e. The second-order valence-electron chi connectivity index (χ2n) is 9.31. The van der Waals surface area contributed by atoms with E-state index in [1.165, 1.54) is 37.7 Å². The van der Waals surface area contributed by atoms with Crippen LogP contribution in [-0.4, -0.2) is 5.78 Å². The summed E-state index contributed by atoms with van der Waals surface area (Å²) in [7, 11) is 0. The van der Waals surface area contributed by atoms with E-state index in [0.29, 0.717) is 11.3 Å². The molecule has 0 amide bonds. The number of carbonyl (C=O) groups excluding carboxylic acids is 1. The maximum absolute atomic E-state index is 11.8. The average Bonchev–Trinajstić information content (AvgIpc) is 2.80. The van der Waals surface area contributed by atoms with Crippen LogP contribution in [0.1, 0.15) is 66.2 Å². The van der Waals surface area contributed by atoms with E-state index < -0.39 is 0 Å². The van der Waals surface area contributed by atoms with Crippen LogP contribution in [0.15, 0.2) is 23.8 Å². The highest BCUT2D eigenvalue weighted by Gasteiger charge is 2.61. The predicted molar refractivity (Wildman–Crippen MR) is 98.2 cm³/mol. The lowest BCUT2D eigenvalue weighted by Crippen LogP contribution is -2.51. The van der Waals surface area contributed by atoms with Crippen molar-refractivity contribution in [2.24, 2.45) is 34.0 Å². The van der Waals surface area contributed by atoms with E-state index in [9.17, 15) is 4.79 Å². The summed E-state index contributed by atoms with van der Waals surface area (Å²) in [4.78, 5) is 11.8. The van der Waals surface area contributed by atoms with Gasteiger partial charge in [-0.25, -0.2) is 0 Å². The summed E-state index contributed by atoms with van der Waals surface area (Å²) >= 11 is 0. The Kier molecular flexibility index (Phi) is 3.44. The van der Waals surface area contributed by atoms with Crippen molar-refractivity contribution in [2.45, 2.75) is 66.2 Å². The molecule has 1 nitrogen and oxygen atoms in total. The molecule has 3 fully saturated rings. The molecule has 0 aromatic heterocycles. The highest BCUT2D eigenvalue weighted by atomic mass is 16.1. The second-order valence-corrected chi connectivity index (χ2v) is 9.31. The molecule has 6 atom stereocenters. The molecule has 1 heteroatoms. The minimum absolute atomic E-state index is 0.119. The Morgan fingerprint density at radius 2 is 1.83 bits per heavy atom. The molecular weight excluding hydrogens is 292 g/mol. The molecule has 24 heavy (non-hydrogen) atoms. The Hall–Kier alpha value is -1.29. The van der Waals surface area contributed by atoms with Gasteiger partial charge in [0.05, 0.1) is 0 Å². The summed E-state index contributed by atoms with van der Waals surface area (Å²) in [5, 5.41) is 0. The van der Waals surface area contributed by atoms with Crippen LogP contribution in [0.5, 0.6) is 0 Å². The second kappa shape index (κ2) is 5.10. The lowest BCUT2D eigenvalue weighted by atomic mass is 9.46. The molecular formula is C23H30O. The standard InChI is InChI=1S/C23H30O/c1-5-11-21(2)12-9-20-18-7-6-16-15-17(24)8-13-22(16,3)19(18)10-14-23(20,21)4/h8,13,15,18-20H,6-7,9-10,12,14H2,1-4H3/t18?,19-,20-,21-,22-,23-/m0/s1. The fraction of sp³-hybridized carbons (Fsp3) is 0.696. The Balaban J connectivity index is 1.71. The van der Waals surface area contributed by atoms with Gasteiger partial charge in [0.15, 0.2) is 5.78 Å². The molecule has 0 spiro atoms. The molecule has 0 saturated heterocycles. The van der Waals surface area contributed by atoms with Gasteiger partial charge in [-0.2, -0.15) is 0 Å². The van der Waals surface area contributed by atoms with Crippen molar-refractivity contribution in [3.8, 4) is 11.8 Å². The average molecular weight is 322 g/mol. The van der Waals surface area contributed by atoms with Gasteiger partial charge in [-0.15, -0.1) is 5.92 Å². The third-order valence-corrected chi connectivity index (χ3v) is 8.56. The lowest BCUT2D eigenvalue weighted by Gasteiger charge is -2.58. The number of carbonyl (C=O) groups is 1. The van der Waals surface area contributed by atoms with Gasteiger partial charge in [-0.3, -0.25) is 4.79 Å². The van der Waals surface area contributed by atoms with E-state index in [2.05, 4.69) is 38.7 Å². The predicted octanol–water partition coefficient (Wildman–Crippen LogP) is 5.32. The molecule has 4 aliphatic rings. The third kappa shape index (κ3) is 1.92. The zero-order valence-corrected chi connectivity index (χ0v) is 15.6. The van der Waals surface area contributed by atoms with Crippen molar-refractivity contribution in [1.82, 2.24) is 0 Å². The summed E-state index contributed by atoms with van der Waals surface area (Å²) < 4.78 is 0. The Labute approximate surface area is 147 Å². The molecule has 4 rings (SSSR count). The number of allylic oxidation sites excluding steroid dienone is 4. The Morgan fingerprint density at radius 3 is 2.58 bits per heavy atom. The smallest absolute Gasteiger partial charge is 0.178 e. The van der Waals surface area contributed by atoms with Crippen LogP contribution >= 0.6 is 0 Å². The van der Waals surface area contributed by atoms with Crippen LogP contribution in [0.4, 0.5) is 0 Å². The molecule has 0 heterocycles. The normalized spacial score (nSPS) is 49.4. The van der Waals surface area contributed by atoms with Crippen molar-refractivity contribution < 1.29 is 4.79 Å². The van der Waals surface area contributed by atoms with Crippen LogP contribution in [0.3, 0.4) is 0 Å². The van der Waals surface area contributed by atoms with E-state index in [1.807, 2.05) is 19.1 Å². The molecule has 0 aromatic rings. The molecule has 0 bridgehead atoms. The first-order valence-corrected chi connectivity index (χ1v) is 9.72. The molecule has 1 unspecified atom stereocenters. The lowest BCUT2D eigenvalue weighted by molar-refractivity contribution is -0.111. The van der Waals surface area contributed by atoms with Crippen molar-refractivity contribution in [1.29, 1.82) is 0 Å². The van der Waals surface area contributed by atoms with Gasteiger partial charge >= 0.3 is 0 Å². The number of ketones is 1. The summed E-state index contributed by atoms with van der Waals surface area (Å²) in [5.74, 6) is 9.32. The molecule has 4 aliphatic carbocycles. The number of fused-ring (bicyclic) bond motifs is 5. The maximum Gasteiger partial charge on any atom is 0.178 e. The molecule has 0 aliphatic heterocycles. The van der Waals surface area contributed by atoms with Crippen LogP contribution < -0.4 is 0 Å². The molecule has 0 N–H and O–H groups in total. The van der Waals surface area contributed by atoms with Gasteiger partial charge < -0.3 is 0 Å². The Morgan fingerprint density at radius 1 is 1.08 bits per heavy atom. The van der Waals surface area contributed by atoms with Crippen molar-refractivity contribution in [3.63, 3.8) is 0 Å². The van der Waals surface area contributed by atoms with Gasteiger partial charge in [-0.1, -0.05) is 31.4 Å². The highest BCUT2D eigenvalue weighted by molar-refractivity contribution is 6.01. The van der Waals surface area contributed by atoms with Crippen molar-refractivity contribution in [2.75, 3.05) is 0 Å². The number of hydrogen-bond acceptors (Lipinski definition) is 1. The summed E-state index contributed by atoms with van der Waals surface area (Å²) in [5.41, 5.74) is 2.07. The van der Waals surface area contributed by atoms with E-state index >= 15 is 0 Å². The molecule has 3 saturated carbocycles. The van der Waals surface area contributed by atoms with Crippen molar-refractivity contribution >= 4 is 5.78 Å². The zero-order valence-electron chi connectivity index (χ0n) is 15.6. The number of hydrogen-bond donors (Lipinski definition) is 0. The van der Waals surface area contributed by atoms with E-state index in [-0.39, 0.29) is 16.6 Å². The first-order valence-electron chi connectivity index (χ1n) is 9.72. The highest BCUT2D eigenvalue weighted by Crippen LogP contribution is 2.69. The molecule has 0 radical (unpaired) electrons. The summed E-state index contributed by atoms with van der Waals surface area (Å²) in [6.45, 7) is 9.33. The van der Waals surface area contributed by atoms with Gasteiger partial charge in [-0.05, 0) is 87.7 Å². The SMILES string of the molecule is CC#C[C@@]1(C)CC[C@H]2C3CCC4=CC(=O)C=C[C@]4(C)[C@H]3CC[C@@]21C. The zero-order chi connectivity index (χ0) is 17.2. The third-order valence-electron chi connectivity index (χ3n) is 8.56. The van der Waals surface area contributed by atoms with Crippen LogP contribution in [0.25, 0.3) is 0 Å². The Bertz CT molecular complexity index is 701. The van der Waals surface area contributed by atoms with Gasteiger partial charge in [0.1, 0.15) is 0 Å². The largest absolute Gasteiger partial charge is 0.290 e. The van der Waals surface area contributed by atoms with Gasteiger partial charge in [0.25, 0.3) is 0 Å². The van der Waals surface area contributed by atoms with Gasteiger partial charge in [0.2, 0.25) is 0 Å². The fourth-order valence-corrected chi connectivity index (χ4v) is 6.95. The van der Waals surface area contributed by atoms with E-state index in [1.54, 1.807) is 0 Å². The van der Waals surface area contributed by atoms with Crippen molar-refractivity contribution in [3.05, 3.63) is 23.8 Å². The van der Waals surface area contributed by atoms with Crippen LogP contribution in [0.2, 0.25) is 0 Å². The topological polar surface area (TPSA) is 17.1 Å².